The lowest BCUT2D eigenvalue weighted by molar-refractivity contribution is -0.118. The van der Waals surface area contributed by atoms with Crippen molar-refractivity contribution in [1.29, 1.82) is 0 Å². The van der Waals surface area contributed by atoms with Crippen molar-refractivity contribution in [2.24, 2.45) is 5.92 Å². The Bertz CT molecular complexity index is 548. The van der Waals surface area contributed by atoms with Crippen molar-refractivity contribution < 1.29 is 4.79 Å². The standard InChI is InChI=1S/C12H14N4OS2/c17-10(13-6-8-3-4-8)7-19-12-14-11(15-16-12)9-2-1-5-18-9/h1-2,5,8H,3-4,6-7H2,(H,13,17)(H,14,15,16). The van der Waals surface area contributed by atoms with Crippen LogP contribution in [0.3, 0.4) is 0 Å². The molecule has 0 saturated heterocycles. The minimum absolute atomic E-state index is 0.0550. The molecule has 2 aromatic heterocycles. The Kier molecular flexibility index (Phi) is 3.84. The Morgan fingerprint density at radius 2 is 2.47 bits per heavy atom. The minimum Gasteiger partial charge on any atom is -0.355 e. The molecule has 1 aliphatic rings. The molecule has 0 aliphatic heterocycles. The molecule has 5 nitrogen and oxygen atoms in total. The van der Waals surface area contributed by atoms with Gasteiger partial charge in [0, 0.05) is 6.54 Å². The lowest BCUT2D eigenvalue weighted by Gasteiger charge is -2.01. The second kappa shape index (κ2) is 5.75. The molecule has 3 rings (SSSR count). The summed E-state index contributed by atoms with van der Waals surface area (Å²) in [7, 11) is 0. The average molecular weight is 294 g/mol. The van der Waals surface area contributed by atoms with Gasteiger partial charge in [0.25, 0.3) is 0 Å². The lowest BCUT2D eigenvalue weighted by Crippen LogP contribution is -2.27. The lowest BCUT2D eigenvalue weighted by atomic mass is 10.4. The maximum atomic E-state index is 11.6. The van der Waals surface area contributed by atoms with Crippen LogP contribution in [0.2, 0.25) is 0 Å². The number of carbonyl (C=O) groups excluding carboxylic acids is 1. The normalized spacial score (nSPS) is 14.5. The third kappa shape index (κ3) is 3.57. The van der Waals surface area contributed by atoms with Crippen molar-refractivity contribution in [1.82, 2.24) is 20.5 Å². The summed E-state index contributed by atoms with van der Waals surface area (Å²) in [4.78, 5) is 17.0. The Morgan fingerprint density at radius 1 is 1.58 bits per heavy atom. The maximum absolute atomic E-state index is 11.6. The van der Waals surface area contributed by atoms with Crippen molar-refractivity contribution in [3.63, 3.8) is 0 Å². The largest absolute Gasteiger partial charge is 0.355 e. The first kappa shape index (κ1) is 12.7. The molecule has 7 heteroatoms. The molecule has 0 bridgehead atoms. The van der Waals surface area contributed by atoms with Crippen LogP contribution >= 0.6 is 23.1 Å². The van der Waals surface area contributed by atoms with Gasteiger partial charge in [0.15, 0.2) is 5.82 Å². The van der Waals surface area contributed by atoms with Crippen LogP contribution in [0.5, 0.6) is 0 Å². The van der Waals surface area contributed by atoms with Gasteiger partial charge in [-0.25, -0.2) is 4.98 Å². The molecule has 100 valence electrons. The first-order valence-corrected chi connectivity index (χ1v) is 8.03. The second-order valence-electron chi connectivity index (χ2n) is 4.48. The zero-order chi connectivity index (χ0) is 13.1. The molecule has 19 heavy (non-hydrogen) atoms. The summed E-state index contributed by atoms with van der Waals surface area (Å²) in [6, 6.07) is 3.96. The van der Waals surface area contributed by atoms with E-state index < -0.39 is 0 Å². The number of carbonyl (C=O) groups is 1. The monoisotopic (exact) mass is 294 g/mol. The van der Waals surface area contributed by atoms with E-state index in [0.29, 0.717) is 16.8 Å². The highest BCUT2D eigenvalue weighted by Crippen LogP contribution is 2.27. The topological polar surface area (TPSA) is 70.7 Å². The van der Waals surface area contributed by atoms with Crippen LogP contribution in [0.25, 0.3) is 10.7 Å². The summed E-state index contributed by atoms with van der Waals surface area (Å²) in [5.74, 6) is 1.90. The molecule has 0 aromatic carbocycles. The number of aromatic nitrogens is 3. The first-order chi connectivity index (χ1) is 9.31. The average Bonchev–Trinajstić information content (AvgIpc) is 2.92. The third-order valence-corrected chi connectivity index (χ3v) is 4.56. The van der Waals surface area contributed by atoms with Gasteiger partial charge in [-0.05, 0) is 30.2 Å². The van der Waals surface area contributed by atoms with Crippen LogP contribution in [0, 0.1) is 5.92 Å². The van der Waals surface area contributed by atoms with Gasteiger partial charge < -0.3 is 5.32 Å². The zero-order valence-electron chi connectivity index (χ0n) is 10.3. The Hall–Kier alpha value is -1.34. The predicted molar refractivity (Wildman–Crippen MR) is 76.2 cm³/mol. The molecule has 0 spiro atoms. The van der Waals surface area contributed by atoms with Gasteiger partial charge in [-0.1, -0.05) is 17.8 Å². The van der Waals surface area contributed by atoms with Crippen molar-refractivity contribution in [2.75, 3.05) is 12.3 Å². The van der Waals surface area contributed by atoms with E-state index in [1.54, 1.807) is 11.3 Å². The first-order valence-electron chi connectivity index (χ1n) is 6.17. The highest BCUT2D eigenvalue weighted by Gasteiger charge is 2.21. The van der Waals surface area contributed by atoms with Crippen LogP contribution in [0.1, 0.15) is 12.8 Å². The summed E-state index contributed by atoms with van der Waals surface area (Å²) in [6.45, 7) is 0.813. The molecule has 0 atom stereocenters. The Labute approximate surface area is 119 Å². The fourth-order valence-corrected chi connectivity index (χ4v) is 2.89. The van der Waals surface area contributed by atoms with Crippen molar-refractivity contribution >= 4 is 29.0 Å². The molecular weight excluding hydrogens is 280 g/mol. The van der Waals surface area contributed by atoms with E-state index in [2.05, 4.69) is 20.5 Å². The van der Waals surface area contributed by atoms with E-state index in [9.17, 15) is 4.79 Å². The molecule has 2 heterocycles. The van der Waals surface area contributed by atoms with Gasteiger partial charge in [-0.2, -0.15) is 0 Å². The number of hydrogen-bond acceptors (Lipinski definition) is 5. The molecule has 1 amide bonds. The summed E-state index contributed by atoms with van der Waals surface area (Å²) >= 11 is 2.97. The van der Waals surface area contributed by atoms with Crippen molar-refractivity contribution in [2.45, 2.75) is 18.0 Å². The molecule has 1 aliphatic carbocycles. The maximum Gasteiger partial charge on any atom is 0.230 e. The van der Waals surface area contributed by atoms with Gasteiger partial charge in [-0.15, -0.1) is 16.4 Å². The number of H-pyrrole nitrogens is 1. The Morgan fingerprint density at radius 3 is 3.21 bits per heavy atom. The Balaban J connectivity index is 1.48. The third-order valence-electron chi connectivity index (χ3n) is 2.84. The number of hydrogen-bond donors (Lipinski definition) is 2. The SMILES string of the molecule is O=C(CSc1n[nH]c(-c2cccs2)n1)NCC1CC1. The second-order valence-corrected chi connectivity index (χ2v) is 6.37. The van der Waals surface area contributed by atoms with E-state index in [1.165, 1.54) is 24.6 Å². The van der Waals surface area contributed by atoms with Crippen molar-refractivity contribution in [3.8, 4) is 10.7 Å². The van der Waals surface area contributed by atoms with Crippen LogP contribution in [0.4, 0.5) is 0 Å². The number of rotatable bonds is 6. The molecule has 2 N–H and O–H groups in total. The van der Waals surface area contributed by atoms with E-state index in [-0.39, 0.29) is 5.91 Å². The predicted octanol–water partition coefficient (Wildman–Crippen LogP) is 2.15. The molecule has 0 unspecified atom stereocenters. The molecule has 1 fully saturated rings. The number of nitrogens with one attached hydrogen (secondary N) is 2. The number of thioether (sulfide) groups is 1. The van der Waals surface area contributed by atoms with Gasteiger partial charge in [0.05, 0.1) is 10.6 Å². The summed E-state index contributed by atoms with van der Waals surface area (Å²) in [5, 5.41) is 12.5. The number of nitrogens with zero attached hydrogens (tertiary/aromatic N) is 2. The number of aromatic amines is 1. The molecule has 1 saturated carbocycles. The van der Waals surface area contributed by atoms with Gasteiger partial charge in [0.2, 0.25) is 11.1 Å². The van der Waals surface area contributed by atoms with Gasteiger partial charge >= 0.3 is 0 Å². The highest BCUT2D eigenvalue weighted by molar-refractivity contribution is 7.99. The van der Waals surface area contributed by atoms with Crippen LogP contribution < -0.4 is 5.32 Å². The van der Waals surface area contributed by atoms with Crippen LogP contribution in [-0.4, -0.2) is 33.4 Å². The fraction of sp³-hybridized carbons (Fsp3) is 0.417. The van der Waals surface area contributed by atoms with E-state index >= 15 is 0 Å². The van der Waals surface area contributed by atoms with Gasteiger partial charge in [0.1, 0.15) is 0 Å². The number of thiophene rings is 1. The number of amides is 1. The smallest absolute Gasteiger partial charge is 0.230 e. The van der Waals surface area contributed by atoms with Crippen LogP contribution in [-0.2, 0) is 4.79 Å². The molecule has 0 radical (unpaired) electrons. The quantitative estimate of drug-likeness (QED) is 0.801. The fourth-order valence-electron chi connectivity index (χ4n) is 1.60. The zero-order valence-corrected chi connectivity index (χ0v) is 11.9. The highest BCUT2D eigenvalue weighted by atomic mass is 32.2. The molecular formula is C12H14N4OS2. The van der Waals surface area contributed by atoms with E-state index in [1.807, 2.05) is 17.5 Å². The summed E-state index contributed by atoms with van der Waals surface area (Å²) in [6.07, 6.45) is 2.50. The van der Waals surface area contributed by atoms with Crippen LogP contribution in [0.15, 0.2) is 22.7 Å². The van der Waals surface area contributed by atoms with Gasteiger partial charge in [-0.3, -0.25) is 9.89 Å². The summed E-state index contributed by atoms with van der Waals surface area (Å²) in [5.41, 5.74) is 0. The molecule has 2 aromatic rings. The van der Waals surface area contributed by atoms with E-state index in [0.717, 1.165) is 17.2 Å². The summed E-state index contributed by atoms with van der Waals surface area (Å²) < 4.78 is 0. The minimum atomic E-state index is 0.0550. The van der Waals surface area contributed by atoms with Crippen molar-refractivity contribution in [3.05, 3.63) is 17.5 Å². The van der Waals surface area contributed by atoms with E-state index in [4.69, 9.17) is 0 Å².